The van der Waals surface area contributed by atoms with Crippen LogP contribution in [0.1, 0.15) is 29.9 Å². The van der Waals surface area contributed by atoms with Gasteiger partial charge in [0.25, 0.3) is 0 Å². The van der Waals surface area contributed by atoms with Gasteiger partial charge in [-0.15, -0.1) is 11.3 Å². The number of benzene rings is 1. The number of nitrogens with two attached hydrogens (primary N) is 1. The molecule has 19 heavy (non-hydrogen) atoms. The van der Waals surface area contributed by atoms with E-state index < -0.39 is 0 Å². The maximum absolute atomic E-state index is 6.17. The van der Waals surface area contributed by atoms with E-state index in [1.165, 1.54) is 4.88 Å². The van der Waals surface area contributed by atoms with Crippen LogP contribution in [0.4, 0.5) is 0 Å². The molecule has 0 saturated heterocycles. The van der Waals surface area contributed by atoms with Crippen molar-refractivity contribution in [1.82, 2.24) is 0 Å². The molecule has 102 valence electrons. The van der Waals surface area contributed by atoms with Crippen LogP contribution in [-0.2, 0) is 11.3 Å². The first kappa shape index (κ1) is 14.7. The molecule has 1 aromatic heterocycles. The third kappa shape index (κ3) is 4.14. The van der Waals surface area contributed by atoms with Crippen LogP contribution in [0.3, 0.4) is 0 Å². The summed E-state index contributed by atoms with van der Waals surface area (Å²) in [4.78, 5) is 1.20. The maximum atomic E-state index is 6.17. The minimum absolute atomic E-state index is 0.0198. The van der Waals surface area contributed by atoms with E-state index >= 15 is 0 Å². The normalized spacial score (nSPS) is 14.3. The fourth-order valence-electron chi connectivity index (χ4n) is 1.85. The summed E-state index contributed by atoms with van der Waals surface area (Å²) in [5.74, 6) is 0. The van der Waals surface area contributed by atoms with E-state index in [4.69, 9.17) is 10.5 Å². The zero-order valence-electron chi connectivity index (χ0n) is 10.9. The molecule has 2 unspecified atom stereocenters. The number of halogens is 1. The number of hydrogen-bond donors (Lipinski definition) is 1. The van der Waals surface area contributed by atoms with Crippen molar-refractivity contribution < 1.29 is 4.74 Å². The minimum atomic E-state index is -0.0198. The van der Waals surface area contributed by atoms with Gasteiger partial charge in [-0.25, -0.2) is 0 Å². The summed E-state index contributed by atoms with van der Waals surface area (Å²) in [6, 6.07) is 12.3. The molecule has 0 aliphatic heterocycles. The Morgan fingerprint density at radius 1 is 1.26 bits per heavy atom. The van der Waals surface area contributed by atoms with Crippen LogP contribution < -0.4 is 5.73 Å². The van der Waals surface area contributed by atoms with E-state index in [0.29, 0.717) is 6.61 Å². The predicted octanol–water partition coefficient (Wildman–Crippen LogP) is 4.51. The number of ether oxygens (including phenoxy) is 1. The molecule has 2 atom stereocenters. The summed E-state index contributed by atoms with van der Waals surface area (Å²) in [5, 5.41) is 2.06. The Bertz CT molecular complexity index is 483. The molecule has 0 spiro atoms. The van der Waals surface area contributed by atoms with Crippen LogP contribution in [0.2, 0.25) is 0 Å². The smallest absolute Gasteiger partial charge is 0.107 e. The fraction of sp³-hybridized carbons (Fsp3) is 0.333. The van der Waals surface area contributed by atoms with E-state index in [1.807, 2.05) is 18.2 Å². The largest absolute Gasteiger partial charge is 0.366 e. The van der Waals surface area contributed by atoms with Gasteiger partial charge in [0.2, 0.25) is 0 Å². The van der Waals surface area contributed by atoms with Gasteiger partial charge >= 0.3 is 0 Å². The molecule has 0 amide bonds. The third-order valence-corrected chi connectivity index (χ3v) is 4.49. The lowest BCUT2D eigenvalue weighted by molar-refractivity contribution is 0.0236. The SMILES string of the molecule is CCC(N)C(OCc1ccc(Br)cc1)c1cccs1. The topological polar surface area (TPSA) is 35.2 Å². The lowest BCUT2D eigenvalue weighted by Crippen LogP contribution is -2.28. The predicted molar refractivity (Wildman–Crippen MR) is 84.3 cm³/mol. The van der Waals surface area contributed by atoms with Gasteiger partial charge in [0, 0.05) is 15.4 Å². The zero-order valence-corrected chi connectivity index (χ0v) is 13.3. The molecule has 0 fully saturated rings. The average Bonchev–Trinajstić information content (AvgIpc) is 2.94. The van der Waals surface area contributed by atoms with Gasteiger partial charge < -0.3 is 10.5 Å². The van der Waals surface area contributed by atoms with Crippen LogP contribution >= 0.6 is 27.3 Å². The number of thiophene rings is 1. The average molecular weight is 340 g/mol. The molecule has 1 heterocycles. The van der Waals surface area contributed by atoms with E-state index in [2.05, 4.69) is 46.4 Å². The maximum Gasteiger partial charge on any atom is 0.107 e. The second kappa shape index (κ2) is 7.20. The van der Waals surface area contributed by atoms with E-state index in [0.717, 1.165) is 16.5 Å². The Morgan fingerprint density at radius 2 is 2.00 bits per heavy atom. The van der Waals surface area contributed by atoms with Crippen molar-refractivity contribution in [1.29, 1.82) is 0 Å². The Morgan fingerprint density at radius 3 is 2.58 bits per heavy atom. The lowest BCUT2D eigenvalue weighted by atomic mass is 10.1. The van der Waals surface area contributed by atoms with Gasteiger partial charge in [-0.1, -0.05) is 41.1 Å². The van der Waals surface area contributed by atoms with Gasteiger partial charge in [-0.2, -0.15) is 0 Å². The van der Waals surface area contributed by atoms with Crippen molar-refractivity contribution in [3.8, 4) is 0 Å². The van der Waals surface area contributed by atoms with Crippen molar-refractivity contribution >= 4 is 27.3 Å². The first-order valence-electron chi connectivity index (χ1n) is 6.35. The summed E-state index contributed by atoms with van der Waals surface area (Å²) in [6.45, 7) is 2.68. The monoisotopic (exact) mass is 339 g/mol. The summed E-state index contributed by atoms with van der Waals surface area (Å²) in [7, 11) is 0. The molecule has 4 heteroatoms. The standard InChI is InChI=1S/C15H18BrNOS/c1-2-13(17)15(14-4-3-9-19-14)18-10-11-5-7-12(16)8-6-11/h3-9,13,15H,2,10,17H2,1H3. The zero-order chi connectivity index (χ0) is 13.7. The highest BCUT2D eigenvalue weighted by molar-refractivity contribution is 9.10. The van der Waals surface area contributed by atoms with Crippen LogP contribution in [0.15, 0.2) is 46.3 Å². The molecule has 2 nitrogen and oxygen atoms in total. The highest BCUT2D eigenvalue weighted by atomic mass is 79.9. The molecule has 1 aromatic carbocycles. The Balaban J connectivity index is 2.02. The summed E-state index contributed by atoms with van der Waals surface area (Å²) in [6.07, 6.45) is 0.886. The second-order valence-electron chi connectivity index (χ2n) is 4.45. The van der Waals surface area contributed by atoms with Gasteiger partial charge in [0.15, 0.2) is 0 Å². The molecule has 0 saturated carbocycles. The molecule has 0 aliphatic rings. The first-order chi connectivity index (χ1) is 9.20. The van der Waals surface area contributed by atoms with Crippen LogP contribution in [0.25, 0.3) is 0 Å². The van der Waals surface area contributed by atoms with Crippen molar-refractivity contribution in [3.05, 3.63) is 56.7 Å². The van der Waals surface area contributed by atoms with Gasteiger partial charge in [0.05, 0.1) is 6.61 Å². The Kier molecular flexibility index (Phi) is 5.58. The molecular weight excluding hydrogens is 322 g/mol. The molecule has 2 rings (SSSR count). The molecule has 0 aliphatic carbocycles. The van der Waals surface area contributed by atoms with Gasteiger partial charge in [-0.05, 0) is 35.6 Å². The molecule has 2 N–H and O–H groups in total. The third-order valence-electron chi connectivity index (χ3n) is 3.03. The Hall–Kier alpha value is -0.680. The Labute approximate surface area is 126 Å². The summed E-state index contributed by atoms with van der Waals surface area (Å²) >= 11 is 5.13. The van der Waals surface area contributed by atoms with Crippen LogP contribution in [0.5, 0.6) is 0 Å². The van der Waals surface area contributed by atoms with E-state index in [9.17, 15) is 0 Å². The quantitative estimate of drug-likeness (QED) is 0.840. The van der Waals surface area contributed by atoms with Gasteiger partial charge in [0.1, 0.15) is 6.10 Å². The van der Waals surface area contributed by atoms with Crippen molar-refractivity contribution in [2.45, 2.75) is 32.1 Å². The molecular formula is C15H18BrNOS. The summed E-state index contributed by atoms with van der Waals surface area (Å²) < 4.78 is 7.12. The molecule has 0 radical (unpaired) electrons. The highest BCUT2D eigenvalue weighted by Crippen LogP contribution is 2.27. The van der Waals surface area contributed by atoms with Crippen LogP contribution in [-0.4, -0.2) is 6.04 Å². The van der Waals surface area contributed by atoms with E-state index in [-0.39, 0.29) is 12.1 Å². The first-order valence-corrected chi connectivity index (χ1v) is 8.03. The molecule has 0 bridgehead atoms. The van der Waals surface area contributed by atoms with Crippen molar-refractivity contribution in [2.24, 2.45) is 5.73 Å². The number of rotatable bonds is 6. The fourth-order valence-corrected chi connectivity index (χ4v) is 2.96. The minimum Gasteiger partial charge on any atom is -0.366 e. The molecule has 2 aromatic rings. The second-order valence-corrected chi connectivity index (χ2v) is 6.34. The van der Waals surface area contributed by atoms with Crippen LogP contribution in [0, 0.1) is 0 Å². The van der Waals surface area contributed by atoms with Crippen molar-refractivity contribution in [3.63, 3.8) is 0 Å². The van der Waals surface area contributed by atoms with Gasteiger partial charge in [-0.3, -0.25) is 0 Å². The van der Waals surface area contributed by atoms with E-state index in [1.54, 1.807) is 11.3 Å². The highest BCUT2D eigenvalue weighted by Gasteiger charge is 2.20. The van der Waals surface area contributed by atoms with Crippen molar-refractivity contribution in [2.75, 3.05) is 0 Å². The lowest BCUT2D eigenvalue weighted by Gasteiger charge is -2.22. The number of hydrogen-bond acceptors (Lipinski definition) is 3. The summed E-state index contributed by atoms with van der Waals surface area (Å²) in [5.41, 5.74) is 7.33.